The van der Waals surface area contributed by atoms with Crippen LogP contribution in [0, 0.1) is 6.92 Å². The Morgan fingerprint density at radius 3 is 2.65 bits per heavy atom. The van der Waals surface area contributed by atoms with Crippen LogP contribution in [0.4, 0.5) is 0 Å². The fourth-order valence-corrected chi connectivity index (χ4v) is 3.75. The number of fused-ring (bicyclic) bond motifs is 1. The first-order valence-corrected chi connectivity index (χ1v) is 9.32. The number of benzene rings is 1. The smallest absolute Gasteiger partial charge is 0.261 e. The molecular formula is C19H22N4O2S. The van der Waals surface area contributed by atoms with Gasteiger partial charge in [-0.3, -0.25) is 9.59 Å². The molecule has 6 nitrogen and oxygen atoms in total. The van der Waals surface area contributed by atoms with Gasteiger partial charge in [-0.15, -0.1) is 11.3 Å². The largest absolute Gasteiger partial charge is 0.351 e. The van der Waals surface area contributed by atoms with Gasteiger partial charge in [0.15, 0.2) is 0 Å². The predicted octanol–water partition coefficient (Wildman–Crippen LogP) is 2.99. The van der Waals surface area contributed by atoms with Crippen molar-refractivity contribution in [2.75, 3.05) is 20.6 Å². The maximum Gasteiger partial charge on any atom is 0.261 e. The first-order chi connectivity index (χ1) is 12.5. The van der Waals surface area contributed by atoms with Gasteiger partial charge in [0.25, 0.3) is 5.91 Å². The van der Waals surface area contributed by atoms with E-state index < -0.39 is 0 Å². The van der Waals surface area contributed by atoms with E-state index in [0.29, 0.717) is 24.3 Å². The molecule has 0 atom stereocenters. The van der Waals surface area contributed by atoms with Gasteiger partial charge in [0.05, 0.1) is 16.3 Å². The molecule has 0 spiro atoms. The fraction of sp³-hybridized carbons (Fsp3) is 0.316. The van der Waals surface area contributed by atoms with Crippen molar-refractivity contribution < 1.29 is 9.59 Å². The third-order valence-corrected chi connectivity index (χ3v) is 5.23. The number of hydrogen-bond acceptors (Lipinski definition) is 4. The number of amides is 2. The van der Waals surface area contributed by atoms with E-state index in [-0.39, 0.29) is 11.8 Å². The molecule has 0 unspecified atom stereocenters. The Kier molecular flexibility index (Phi) is 5.37. The first kappa shape index (κ1) is 18.1. The number of rotatable bonds is 6. The Bertz CT molecular complexity index is 928. The van der Waals surface area contributed by atoms with E-state index in [0.717, 1.165) is 21.6 Å². The molecule has 26 heavy (non-hydrogen) atoms. The summed E-state index contributed by atoms with van der Waals surface area (Å²) in [5.74, 6) is -0.0396. The van der Waals surface area contributed by atoms with Crippen molar-refractivity contribution in [1.29, 1.82) is 0 Å². The molecule has 1 aromatic carbocycles. The third kappa shape index (κ3) is 3.77. The number of hydrogen-bond donors (Lipinski definition) is 1. The number of carbonyl (C=O) groups is 2. The second kappa shape index (κ2) is 7.70. The van der Waals surface area contributed by atoms with E-state index in [2.05, 4.69) is 10.4 Å². The van der Waals surface area contributed by atoms with Crippen LogP contribution in [0.5, 0.6) is 0 Å². The average Bonchev–Trinajstić information content (AvgIpc) is 3.20. The zero-order chi connectivity index (χ0) is 18.7. The Labute approximate surface area is 156 Å². The van der Waals surface area contributed by atoms with E-state index in [9.17, 15) is 9.59 Å². The molecule has 2 aromatic heterocycles. The van der Waals surface area contributed by atoms with Gasteiger partial charge in [-0.2, -0.15) is 5.10 Å². The second-order valence-electron chi connectivity index (χ2n) is 6.31. The normalized spacial score (nSPS) is 10.9. The van der Waals surface area contributed by atoms with Crippen molar-refractivity contribution in [3.05, 3.63) is 47.0 Å². The van der Waals surface area contributed by atoms with Crippen molar-refractivity contribution in [3.8, 4) is 5.69 Å². The van der Waals surface area contributed by atoms with Crippen LogP contribution in [0.25, 0.3) is 15.9 Å². The topological polar surface area (TPSA) is 67.2 Å². The van der Waals surface area contributed by atoms with Crippen LogP contribution in [0.2, 0.25) is 0 Å². The summed E-state index contributed by atoms with van der Waals surface area (Å²) in [5, 5.41) is 8.47. The number of nitrogens with one attached hydrogen (secondary N) is 1. The summed E-state index contributed by atoms with van der Waals surface area (Å²) in [5.41, 5.74) is 1.87. The minimum Gasteiger partial charge on any atom is -0.351 e. The lowest BCUT2D eigenvalue weighted by Gasteiger charge is -2.09. The summed E-state index contributed by atoms with van der Waals surface area (Å²) in [4.78, 5) is 27.2. The SMILES string of the molecule is Cc1nn(-c2ccccc2)c2sc(C(=O)NCCCC(=O)N(C)C)cc12. The van der Waals surface area contributed by atoms with E-state index >= 15 is 0 Å². The van der Waals surface area contributed by atoms with E-state index in [4.69, 9.17) is 0 Å². The molecule has 0 fully saturated rings. The number of thiophene rings is 1. The van der Waals surface area contributed by atoms with Gasteiger partial charge in [-0.25, -0.2) is 4.68 Å². The summed E-state index contributed by atoms with van der Waals surface area (Å²) in [6.45, 7) is 2.43. The highest BCUT2D eigenvalue weighted by molar-refractivity contribution is 7.20. The Morgan fingerprint density at radius 1 is 1.23 bits per heavy atom. The first-order valence-electron chi connectivity index (χ1n) is 8.50. The fourth-order valence-electron chi connectivity index (χ4n) is 2.66. The third-order valence-electron chi connectivity index (χ3n) is 4.12. The van der Waals surface area contributed by atoms with Gasteiger partial charge < -0.3 is 10.2 Å². The molecule has 3 rings (SSSR count). The minimum absolute atomic E-state index is 0.0692. The molecule has 7 heteroatoms. The van der Waals surface area contributed by atoms with E-state index in [1.54, 1.807) is 19.0 Å². The summed E-state index contributed by atoms with van der Waals surface area (Å²) in [7, 11) is 3.47. The van der Waals surface area contributed by atoms with Crippen LogP contribution in [-0.2, 0) is 4.79 Å². The maximum absolute atomic E-state index is 12.4. The highest BCUT2D eigenvalue weighted by Gasteiger charge is 2.17. The molecule has 0 aliphatic carbocycles. The second-order valence-corrected chi connectivity index (χ2v) is 7.34. The number of para-hydroxylation sites is 1. The van der Waals surface area contributed by atoms with Gasteiger partial charge in [0.2, 0.25) is 5.91 Å². The molecule has 0 saturated carbocycles. The van der Waals surface area contributed by atoms with Crippen LogP contribution < -0.4 is 5.32 Å². The molecular weight excluding hydrogens is 348 g/mol. The lowest BCUT2D eigenvalue weighted by atomic mass is 10.2. The maximum atomic E-state index is 12.4. The van der Waals surface area contributed by atoms with Crippen LogP contribution in [0.1, 0.15) is 28.2 Å². The molecule has 0 bridgehead atoms. The van der Waals surface area contributed by atoms with Crippen molar-refractivity contribution in [3.63, 3.8) is 0 Å². The number of aromatic nitrogens is 2. The Hall–Kier alpha value is -2.67. The highest BCUT2D eigenvalue weighted by Crippen LogP contribution is 2.30. The number of aryl methyl sites for hydroxylation is 1. The van der Waals surface area contributed by atoms with Crippen LogP contribution >= 0.6 is 11.3 Å². The van der Waals surface area contributed by atoms with Gasteiger partial charge in [0, 0.05) is 32.4 Å². The molecule has 1 N–H and O–H groups in total. The molecule has 2 heterocycles. The van der Waals surface area contributed by atoms with Gasteiger partial charge in [-0.1, -0.05) is 18.2 Å². The van der Waals surface area contributed by atoms with Crippen LogP contribution in [-0.4, -0.2) is 47.1 Å². The van der Waals surface area contributed by atoms with Crippen molar-refractivity contribution in [1.82, 2.24) is 20.0 Å². The molecule has 0 aliphatic rings. The number of nitrogens with zero attached hydrogens (tertiary/aromatic N) is 3. The quantitative estimate of drug-likeness (QED) is 0.678. The number of carbonyl (C=O) groups excluding carboxylic acids is 2. The van der Waals surface area contributed by atoms with E-state index in [1.165, 1.54) is 11.3 Å². The predicted molar refractivity (Wildman–Crippen MR) is 104 cm³/mol. The van der Waals surface area contributed by atoms with Gasteiger partial charge >= 0.3 is 0 Å². The van der Waals surface area contributed by atoms with Gasteiger partial charge in [-0.05, 0) is 31.5 Å². The lowest BCUT2D eigenvalue weighted by molar-refractivity contribution is -0.128. The summed E-state index contributed by atoms with van der Waals surface area (Å²) in [6.07, 6.45) is 1.06. The van der Waals surface area contributed by atoms with Gasteiger partial charge in [0.1, 0.15) is 4.83 Å². The van der Waals surface area contributed by atoms with Crippen molar-refractivity contribution >= 4 is 33.4 Å². The molecule has 0 aliphatic heterocycles. The summed E-state index contributed by atoms with van der Waals surface area (Å²) >= 11 is 1.43. The lowest BCUT2D eigenvalue weighted by Crippen LogP contribution is -2.26. The minimum atomic E-state index is -0.109. The van der Waals surface area contributed by atoms with Crippen LogP contribution in [0.3, 0.4) is 0 Å². The zero-order valence-corrected chi connectivity index (χ0v) is 16.0. The highest BCUT2D eigenvalue weighted by atomic mass is 32.1. The molecule has 2 amide bonds. The van der Waals surface area contributed by atoms with Crippen molar-refractivity contribution in [2.45, 2.75) is 19.8 Å². The standard InChI is InChI=1S/C19H22N4O2S/c1-13-15-12-16(18(25)20-11-7-10-17(24)22(2)3)26-19(15)23(21-13)14-8-5-4-6-9-14/h4-6,8-9,12H,7,10-11H2,1-3H3,(H,20,25). The van der Waals surface area contributed by atoms with Crippen molar-refractivity contribution in [2.24, 2.45) is 0 Å². The molecule has 136 valence electrons. The Balaban J connectivity index is 1.71. The monoisotopic (exact) mass is 370 g/mol. The van der Waals surface area contributed by atoms with Crippen LogP contribution in [0.15, 0.2) is 36.4 Å². The molecule has 3 aromatic rings. The zero-order valence-electron chi connectivity index (χ0n) is 15.2. The summed E-state index contributed by atoms with van der Waals surface area (Å²) < 4.78 is 1.88. The average molecular weight is 370 g/mol. The van der Waals surface area contributed by atoms with E-state index in [1.807, 2.05) is 48.0 Å². The molecule has 0 saturated heterocycles. The summed E-state index contributed by atoms with van der Waals surface area (Å²) in [6, 6.07) is 11.8. The molecule has 0 radical (unpaired) electrons. The Morgan fingerprint density at radius 2 is 1.96 bits per heavy atom.